The molecule has 0 aliphatic heterocycles. The van der Waals surface area contributed by atoms with Crippen LogP contribution in [0.2, 0.25) is 0 Å². The van der Waals surface area contributed by atoms with E-state index in [2.05, 4.69) is 56.1 Å². The van der Waals surface area contributed by atoms with Crippen molar-refractivity contribution >= 4 is 0 Å². The first-order valence-corrected chi connectivity index (χ1v) is 8.37. The summed E-state index contributed by atoms with van der Waals surface area (Å²) in [7, 11) is 14.7. The van der Waals surface area contributed by atoms with Crippen LogP contribution in [-0.4, -0.2) is 62.3 Å². The Morgan fingerprint density at radius 1 is 0.500 bits per heavy atom. The molecular formula is C18H36N2+2. The highest BCUT2D eigenvalue weighted by molar-refractivity contribution is 5.18. The van der Waals surface area contributed by atoms with Gasteiger partial charge in [-0.15, -0.1) is 0 Å². The summed E-state index contributed by atoms with van der Waals surface area (Å²) >= 11 is 0. The third-order valence-electron chi connectivity index (χ3n) is 7.38. The van der Waals surface area contributed by atoms with Crippen LogP contribution in [-0.2, 0) is 0 Å². The van der Waals surface area contributed by atoms with Crippen LogP contribution in [0.3, 0.4) is 0 Å². The molecule has 0 aromatic heterocycles. The van der Waals surface area contributed by atoms with Crippen LogP contribution in [0.5, 0.6) is 0 Å². The van der Waals surface area contributed by atoms with Crippen molar-refractivity contribution in [2.24, 2.45) is 10.8 Å². The average molecular weight is 281 g/mol. The summed E-state index contributed by atoms with van der Waals surface area (Å²) < 4.78 is 2.31. The quantitative estimate of drug-likeness (QED) is 0.681. The van der Waals surface area contributed by atoms with Gasteiger partial charge in [-0.3, -0.25) is 0 Å². The smallest absolute Gasteiger partial charge is 0.106 e. The largest absolute Gasteiger partial charge is 0.326 e. The monoisotopic (exact) mass is 280 g/mol. The van der Waals surface area contributed by atoms with Crippen LogP contribution < -0.4 is 0 Å². The highest BCUT2D eigenvalue weighted by Gasteiger charge is 2.73. The molecule has 4 rings (SSSR count). The van der Waals surface area contributed by atoms with Gasteiger partial charge >= 0.3 is 0 Å². The Labute approximate surface area is 126 Å². The highest BCUT2D eigenvalue weighted by Crippen LogP contribution is 2.71. The lowest BCUT2D eigenvalue weighted by molar-refractivity contribution is -0.966. The molecule has 0 aromatic rings. The molecular weight excluding hydrogens is 244 g/mol. The maximum atomic E-state index is 2.59. The topological polar surface area (TPSA) is 0 Å². The molecule has 0 N–H and O–H groups in total. The molecule has 0 amide bonds. The molecule has 0 unspecified atom stereocenters. The summed E-state index contributed by atoms with van der Waals surface area (Å²) in [6, 6.07) is 0. The number of rotatable bonds is 2. The Morgan fingerprint density at radius 3 is 1.05 bits per heavy atom. The first-order valence-electron chi connectivity index (χ1n) is 8.37. The Morgan fingerprint density at radius 2 is 0.800 bits per heavy atom. The average Bonchev–Trinajstić information content (AvgIpc) is 2.06. The van der Waals surface area contributed by atoms with E-state index in [1.807, 2.05) is 0 Å². The van der Waals surface area contributed by atoms with E-state index in [1.165, 1.54) is 38.5 Å². The van der Waals surface area contributed by atoms with Gasteiger partial charge in [0, 0.05) is 25.7 Å². The van der Waals surface area contributed by atoms with Crippen LogP contribution in [0.25, 0.3) is 0 Å². The number of hydrogen-bond donors (Lipinski definition) is 0. The van der Waals surface area contributed by atoms with E-state index < -0.39 is 0 Å². The molecule has 4 aliphatic rings. The van der Waals surface area contributed by atoms with Crippen molar-refractivity contribution in [1.82, 2.24) is 0 Å². The first-order chi connectivity index (χ1) is 8.74. The minimum Gasteiger partial charge on any atom is -0.326 e. The number of nitrogens with zero attached hydrogens (tertiary/aromatic N) is 2. The van der Waals surface area contributed by atoms with Crippen molar-refractivity contribution in [3.8, 4) is 0 Å². The molecule has 116 valence electrons. The second kappa shape index (κ2) is 3.46. The second-order valence-corrected chi connectivity index (χ2v) is 11.2. The Kier molecular flexibility index (Phi) is 2.57. The van der Waals surface area contributed by atoms with Crippen molar-refractivity contribution in [3.63, 3.8) is 0 Å². The van der Waals surface area contributed by atoms with Gasteiger partial charge in [0.15, 0.2) is 0 Å². The summed E-state index contributed by atoms with van der Waals surface area (Å²) in [6.07, 6.45) is 8.67. The summed E-state index contributed by atoms with van der Waals surface area (Å²) in [6.45, 7) is 5.19. The minimum atomic E-state index is 0.504. The Balaban J connectivity index is 2.16. The second-order valence-electron chi connectivity index (χ2n) is 11.2. The molecule has 0 saturated heterocycles. The molecule has 20 heavy (non-hydrogen) atoms. The lowest BCUT2D eigenvalue weighted by atomic mass is 9.39. The van der Waals surface area contributed by atoms with Crippen molar-refractivity contribution < 1.29 is 8.97 Å². The van der Waals surface area contributed by atoms with E-state index in [9.17, 15) is 0 Å². The van der Waals surface area contributed by atoms with Gasteiger partial charge in [0.25, 0.3) is 0 Å². The zero-order valence-electron chi connectivity index (χ0n) is 15.1. The SMILES string of the molecule is CC12CC3(C)CC([N+](C)(C)C)(C1)CC([N+](C)(C)C)(C2)C3. The van der Waals surface area contributed by atoms with Crippen LogP contribution in [0.1, 0.15) is 52.4 Å². The Bertz CT molecular complexity index is 383. The molecule has 0 heterocycles. The molecule has 4 saturated carbocycles. The third-order valence-corrected chi connectivity index (χ3v) is 7.38. The van der Waals surface area contributed by atoms with Crippen LogP contribution in [0.15, 0.2) is 0 Å². The van der Waals surface area contributed by atoms with Gasteiger partial charge in [0.2, 0.25) is 0 Å². The van der Waals surface area contributed by atoms with Crippen molar-refractivity contribution in [2.45, 2.75) is 63.5 Å². The standard InChI is InChI=1S/C18H36N2/c1-15-9-16(2)12-17(10-15,19(3,4)5)14-18(11-15,13-16)20(6,7)8/h9-14H2,1-8H3/q+2. The molecule has 4 fully saturated rings. The minimum absolute atomic E-state index is 0.504. The summed E-state index contributed by atoms with van der Waals surface area (Å²) in [5.41, 5.74) is 2.15. The van der Waals surface area contributed by atoms with E-state index in [1.54, 1.807) is 0 Å². The van der Waals surface area contributed by atoms with Crippen molar-refractivity contribution in [2.75, 3.05) is 42.3 Å². The fourth-order valence-corrected chi connectivity index (χ4v) is 6.99. The zero-order valence-corrected chi connectivity index (χ0v) is 15.1. The van der Waals surface area contributed by atoms with E-state index >= 15 is 0 Å². The first kappa shape index (κ1) is 14.8. The molecule has 0 spiro atoms. The summed E-state index contributed by atoms with van der Waals surface area (Å²) in [5, 5.41) is 0. The van der Waals surface area contributed by atoms with E-state index in [4.69, 9.17) is 0 Å². The van der Waals surface area contributed by atoms with Crippen LogP contribution in [0.4, 0.5) is 0 Å². The van der Waals surface area contributed by atoms with Gasteiger partial charge in [-0.2, -0.15) is 0 Å². The molecule has 0 aromatic carbocycles. The lowest BCUT2D eigenvalue weighted by Gasteiger charge is -2.72. The highest BCUT2D eigenvalue weighted by atomic mass is 15.4. The molecule has 0 atom stereocenters. The van der Waals surface area contributed by atoms with E-state index in [-0.39, 0.29) is 0 Å². The molecule has 4 bridgehead atoms. The van der Waals surface area contributed by atoms with Gasteiger partial charge in [-0.05, 0) is 17.3 Å². The van der Waals surface area contributed by atoms with Gasteiger partial charge in [-0.25, -0.2) is 0 Å². The number of hydrogen-bond acceptors (Lipinski definition) is 0. The van der Waals surface area contributed by atoms with Gasteiger partial charge in [-0.1, -0.05) is 13.8 Å². The molecule has 4 aliphatic carbocycles. The predicted octanol–water partition coefficient (Wildman–Crippen LogP) is 3.27. The van der Waals surface area contributed by atoms with Crippen LogP contribution in [0, 0.1) is 10.8 Å². The maximum absolute atomic E-state index is 2.59. The lowest BCUT2D eigenvalue weighted by Crippen LogP contribution is -2.78. The zero-order chi connectivity index (χ0) is 15.2. The van der Waals surface area contributed by atoms with Crippen LogP contribution >= 0.6 is 0 Å². The van der Waals surface area contributed by atoms with Crippen molar-refractivity contribution in [1.29, 1.82) is 0 Å². The molecule has 0 radical (unpaired) electrons. The van der Waals surface area contributed by atoms with E-state index in [0.29, 0.717) is 21.9 Å². The van der Waals surface area contributed by atoms with Gasteiger partial charge in [0.1, 0.15) is 11.1 Å². The van der Waals surface area contributed by atoms with E-state index in [0.717, 1.165) is 8.97 Å². The van der Waals surface area contributed by atoms with Crippen molar-refractivity contribution in [3.05, 3.63) is 0 Å². The fraction of sp³-hybridized carbons (Fsp3) is 1.00. The van der Waals surface area contributed by atoms with Gasteiger partial charge < -0.3 is 8.97 Å². The van der Waals surface area contributed by atoms with Gasteiger partial charge in [0.05, 0.1) is 48.7 Å². The summed E-state index contributed by atoms with van der Waals surface area (Å²) in [4.78, 5) is 0. The predicted molar refractivity (Wildman–Crippen MR) is 85.4 cm³/mol. The Hall–Kier alpha value is -0.0800. The summed E-state index contributed by atoms with van der Waals surface area (Å²) in [5.74, 6) is 0. The number of quaternary nitrogens is 2. The maximum Gasteiger partial charge on any atom is 0.106 e. The fourth-order valence-electron chi connectivity index (χ4n) is 6.99. The molecule has 2 heteroatoms. The molecule has 2 nitrogen and oxygen atoms in total. The third kappa shape index (κ3) is 1.76. The normalized spacial score (nSPS) is 51.6.